The fraction of sp³-hybridized carbons (Fsp3) is 0.238. The summed E-state index contributed by atoms with van der Waals surface area (Å²) >= 11 is 0. The number of aliphatic hydroxyl groups is 1. The second-order valence-electron chi connectivity index (χ2n) is 6.61. The lowest BCUT2D eigenvalue weighted by Gasteiger charge is -2.14. The smallest absolute Gasteiger partial charge is 0.252 e. The van der Waals surface area contributed by atoms with Crippen molar-refractivity contribution < 1.29 is 15.0 Å². The molecule has 0 unspecified atom stereocenters. The Balaban J connectivity index is 1.86. The maximum Gasteiger partial charge on any atom is 0.252 e. The molecule has 0 aliphatic heterocycles. The van der Waals surface area contributed by atoms with Crippen LogP contribution in [0.4, 0.5) is 0 Å². The molecule has 0 spiro atoms. The number of aryl methyl sites for hydroxylation is 3. The molecule has 0 radical (unpaired) electrons. The number of benzene rings is 2. The van der Waals surface area contributed by atoms with E-state index in [1.54, 1.807) is 18.2 Å². The maximum atomic E-state index is 12.7. The number of pyridine rings is 1. The molecule has 3 N–H and O–H groups in total. The molecule has 0 aliphatic carbocycles. The predicted octanol–water partition coefficient (Wildman–Crippen LogP) is 3.33. The van der Waals surface area contributed by atoms with Gasteiger partial charge in [-0.2, -0.15) is 0 Å². The van der Waals surface area contributed by atoms with E-state index in [2.05, 4.69) is 10.3 Å². The number of hydrogen-bond donors (Lipinski definition) is 3. The van der Waals surface area contributed by atoms with Gasteiger partial charge in [-0.3, -0.25) is 9.78 Å². The predicted molar refractivity (Wildman–Crippen MR) is 101 cm³/mol. The first-order valence-electron chi connectivity index (χ1n) is 8.49. The van der Waals surface area contributed by atoms with Gasteiger partial charge in [0.25, 0.3) is 5.91 Å². The quantitative estimate of drug-likeness (QED) is 0.674. The molecule has 1 aromatic heterocycles. The number of aromatic hydroxyl groups is 1. The molecule has 0 aliphatic rings. The second kappa shape index (κ2) is 7.14. The molecule has 2 aromatic carbocycles. The third-order valence-corrected chi connectivity index (χ3v) is 4.33. The highest BCUT2D eigenvalue weighted by Gasteiger charge is 2.16. The maximum absolute atomic E-state index is 12.7. The van der Waals surface area contributed by atoms with E-state index >= 15 is 0 Å². The van der Waals surface area contributed by atoms with Gasteiger partial charge in [-0.1, -0.05) is 23.8 Å². The van der Waals surface area contributed by atoms with Gasteiger partial charge in [0.1, 0.15) is 5.75 Å². The summed E-state index contributed by atoms with van der Waals surface area (Å²) in [7, 11) is 0. The summed E-state index contributed by atoms with van der Waals surface area (Å²) in [6, 6.07) is 12.1. The summed E-state index contributed by atoms with van der Waals surface area (Å²) in [5.74, 6) is -0.181. The first-order chi connectivity index (χ1) is 12.3. The van der Waals surface area contributed by atoms with Crippen LogP contribution in [0.3, 0.4) is 0 Å². The standard InChI is InChI=1S/C21H22N2O3/c1-12-7-13(2)20-17(8-12)18(9-14(3)23-20)21(26)22-11-19(25)15-5-4-6-16(24)10-15/h4-10,19,24-25H,11H2,1-3H3,(H,22,26)/t19-/m1/s1. The van der Waals surface area contributed by atoms with E-state index in [-0.39, 0.29) is 18.2 Å². The molecule has 1 heterocycles. The van der Waals surface area contributed by atoms with E-state index < -0.39 is 6.10 Å². The van der Waals surface area contributed by atoms with Gasteiger partial charge in [0.2, 0.25) is 0 Å². The fourth-order valence-corrected chi connectivity index (χ4v) is 3.13. The first-order valence-corrected chi connectivity index (χ1v) is 8.49. The van der Waals surface area contributed by atoms with Crippen LogP contribution in [-0.4, -0.2) is 27.6 Å². The van der Waals surface area contributed by atoms with Crippen molar-refractivity contribution in [1.82, 2.24) is 10.3 Å². The van der Waals surface area contributed by atoms with Crippen LogP contribution in [-0.2, 0) is 0 Å². The summed E-state index contributed by atoms with van der Waals surface area (Å²) < 4.78 is 0. The number of nitrogens with one attached hydrogen (secondary N) is 1. The van der Waals surface area contributed by atoms with E-state index in [0.717, 1.165) is 27.7 Å². The monoisotopic (exact) mass is 350 g/mol. The number of rotatable bonds is 4. The van der Waals surface area contributed by atoms with Crippen molar-refractivity contribution in [2.75, 3.05) is 6.54 Å². The second-order valence-corrected chi connectivity index (χ2v) is 6.61. The van der Waals surface area contributed by atoms with Crippen molar-refractivity contribution in [2.45, 2.75) is 26.9 Å². The van der Waals surface area contributed by atoms with Crippen LogP contribution < -0.4 is 5.32 Å². The Bertz CT molecular complexity index is 982. The molecule has 3 aromatic rings. The number of aromatic nitrogens is 1. The Morgan fingerprint density at radius 2 is 1.92 bits per heavy atom. The van der Waals surface area contributed by atoms with Crippen LogP contribution in [0.25, 0.3) is 10.9 Å². The van der Waals surface area contributed by atoms with Crippen LogP contribution in [0.15, 0.2) is 42.5 Å². The number of phenolic OH excluding ortho intramolecular Hbond substituents is 1. The van der Waals surface area contributed by atoms with Gasteiger partial charge in [0, 0.05) is 17.6 Å². The highest BCUT2D eigenvalue weighted by atomic mass is 16.3. The van der Waals surface area contributed by atoms with Crippen LogP contribution in [0.1, 0.15) is 38.8 Å². The van der Waals surface area contributed by atoms with Crippen LogP contribution in [0.5, 0.6) is 5.75 Å². The van der Waals surface area contributed by atoms with Gasteiger partial charge in [-0.25, -0.2) is 0 Å². The van der Waals surface area contributed by atoms with E-state index in [1.165, 1.54) is 12.1 Å². The number of carbonyl (C=O) groups excluding carboxylic acids is 1. The van der Waals surface area contributed by atoms with Crippen LogP contribution in [0, 0.1) is 20.8 Å². The number of hydrogen-bond acceptors (Lipinski definition) is 4. The zero-order valence-electron chi connectivity index (χ0n) is 15.1. The Kier molecular flexibility index (Phi) is 4.91. The highest BCUT2D eigenvalue weighted by Crippen LogP contribution is 2.24. The fourth-order valence-electron chi connectivity index (χ4n) is 3.13. The zero-order valence-corrected chi connectivity index (χ0v) is 15.1. The van der Waals surface area contributed by atoms with Gasteiger partial charge in [0.15, 0.2) is 0 Å². The minimum atomic E-state index is -0.899. The van der Waals surface area contributed by atoms with E-state index in [0.29, 0.717) is 11.1 Å². The van der Waals surface area contributed by atoms with Crippen molar-refractivity contribution in [1.29, 1.82) is 0 Å². The Morgan fingerprint density at radius 3 is 2.65 bits per heavy atom. The Morgan fingerprint density at radius 1 is 1.15 bits per heavy atom. The number of aliphatic hydroxyl groups excluding tert-OH is 1. The molecule has 1 atom stereocenters. The lowest BCUT2D eigenvalue weighted by atomic mass is 10.0. The summed E-state index contributed by atoms with van der Waals surface area (Å²) in [4.78, 5) is 17.3. The first kappa shape index (κ1) is 17.9. The van der Waals surface area contributed by atoms with Gasteiger partial charge < -0.3 is 15.5 Å². The normalized spacial score (nSPS) is 12.2. The van der Waals surface area contributed by atoms with Gasteiger partial charge in [-0.05, 0) is 56.2 Å². The van der Waals surface area contributed by atoms with Crippen LogP contribution >= 0.6 is 0 Å². The van der Waals surface area contributed by atoms with E-state index in [4.69, 9.17) is 0 Å². The van der Waals surface area contributed by atoms with Gasteiger partial charge in [-0.15, -0.1) is 0 Å². The van der Waals surface area contributed by atoms with E-state index in [9.17, 15) is 15.0 Å². The Labute approximate surface area is 152 Å². The lowest BCUT2D eigenvalue weighted by Crippen LogP contribution is -2.28. The topological polar surface area (TPSA) is 82.5 Å². The molecule has 5 nitrogen and oxygen atoms in total. The molecular weight excluding hydrogens is 328 g/mol. The number of phenols is 1. The molecule has 0 saturated carbocycles. The summed E-state index contributed by atoms with van der Waals surface area (Å²) in [6.45, 7) is 5.88. The molecule has 0 saturated heterocycles. The van der Waals surface area contributed by atoms with Gasteiger partial charge in [0.05, 0.1) is 17.2 Å². The van der Waals surface area contributed by atoms with Crippen LogP contribution in [0.2, 0.25) is 0 Å². The van der Waals surface area contributed by atoms with Crippen molar-refractivity contribution in [2.24, 2.45) is 0 Å². The minimum Gasteiger partial charge on any atom is -0.508 e. The molecule has 134 valence electrons. The third kappa shape index (κ3) is 3.68. The Hall–Kier alpha value is -2.92. The number of nitrogens with zero attached hydrogens (tertiary/aromatic N) is 1. The average molecular weight is 350 g/mol. The molecule has 0 bridgehead atoms. The molecule has 3 rings (SSSR count). The average Bonchev–Trinajstić information content (AvgIpc) is 2.59. The number of carbonyl (C=O) groups is 1. The molecule has 1 amide bonds. The zero-order chi connectivity index (χ0) is 18.8. The van der Waals surface area contributed by atoms with Crippen molar-refractivity contribution in [3.8, 4) is 5.75 Å². The SMILES string of the molecule is Cc1cc(C)c2nc(C)cc(C(=O)NC[C@@H](O)c3cccc(O)c3)c2c1. The summed E-state index contributed by atoms with van der Waals surface area (Å²) in [6.07, 6.45) is -0.899. The van der Waals surface area contributed by atoms with E-state index in [1.807, 2.05) is 32.9 Å². The molecule has 5 heteroatoms. The summed E-state index contributed by atoms with van der Waals surface area (Å²) in [5.41, 5.74) is 4.76. The highest BCUT2D eigenvalue weighted by molar-refractivity contribution is 6.07. The van der Waals surface area contributed by atoms with Crippen molar-refractivity contribution in [3.63, 3.8) is 0 Å². The van der Waals surface area contributed by atoms with Crippen molar-refractivity contribution >= 4 is 16.8 Å². The van der Waals surface area contributed by atoms with Gasteiger partial charge >= 0.3 is 0 Å². The number of amides is 1. The molecule has 0 fully saturated rings. The minimum absolute atomic E-state index is 0.0515. The van der Waals surface area contributed by atoms with Crippen molar-refractivity contribution in [3.05, 3.63) is 70.4 Å². The summed E-state index contributed by atoms with van der Waals surface area (Å²) in [5, 5.41) is 23.4. The lowest BCUT2D eigenvalue weighted by molar-refractivity contribution is 0.0918. The largest absolute Gasteiger partial charge is 0.508 e. The molecule has 26 heavy (non-hydrogen) atoms. The number of fused-ring (bicyclic) bond motifs is 1. The third-order valence-electron chi connectivity index (χ3n) is 4.33. The molecular formula is C21H22N2O3.